The van der Waals surface area contributed by atoms with Crippen LogP contribution in [-0.2, 0) is 0 Å². The average Bonchev–Trinajstić information content (AvgIpc) is 2.52. The molecule has 1 heterocycles. The third-order valence-corrected chi connectivity index (χ3v) is 3.36. The van der Waals surface area contributed by atoms with Crippen molar-refractivity contribution in [1.82, 2.24) is 14.8 Å². The summed E-state index contributed by atoms with van der Waals surface area (Å²) in [5.41, 5.74) is 0.300. The molecule has 0 saturated carbocycles. The second-order valence-corrected chi connectivity index (χ2v) is 4.44. The third-order valence-electron chi connectivity index (χ3n) is 1.84. The SMILES string of the molecule is O=c1[nH][nH]c(=S)n1-c1ccc(Br)c(Cl)c1. The minimum atomic E-state index is -0.321. The molecule has 0 radical (unpaired) electrons. The van der Waals surface area contributed by atoms with E-state index in [4.69, 9.17) is 23.8 Å². The highest BCUT2D eigenvalue weighted by molar-refractivity contribution is 9.10. The molecule has 0 aliphatic carbocycles. The lowest BCUT2D eigenvalue weighted by atomic mass is 10.3. The lowest BCUT2D eigenvalue weighted by Gasteiger charge is -2.01. The zero-order valence-electron chi connectivity index (χ0n) is 7.25. The molecule has 0 unspecified atom stereocenters. The van der Waals surface area contributed by atoms with Crippen LogP contribution in [0, 0.1) is 4.77 Å². The fourth-order valence-electron chi connectivity index (χ4n) is 1.17. The molecule has 0 amide bonds. The van der Waals surface area contributed by atoms with Crippen LogP contribution in [0.2, 0.25) is 5.02 Å². The molecule has 1 aromatic heterocycles. The van der Waals surface area contributed by atoms with E-state index in [1.165, 1.54) is 4.57 Å². The molecule has 2 aromatic rings. The average molecular weight is 307 g/mol. The van der Waals surface area contributed by atoms with Crippen molar-refractivity contribution < 1.29 is 0 Å². The van der Waals surface area contributed by atoms with Gasteiger partial charge in [-0.05, 0) is 46.3 Å². The van der Waals surface area contributed by atoms with Gasteiger partial charge in [0.25, 0.3) is 0 Å². The van der Waals surface area contributed by atoms with E-state index in [1.54, 1.807) is 18.2 Å². The smallest absolute Gasteiger partial charge is 0.272 e. The topological polar surface area (TPSA) is 53.6 Å². The predicted molar refractivity (Wildman–Crippen MR) is 64.3 cm³/mol. The largest absolute Gasteiger partial charge is 0.347 e. The minimum absolute atomic E-state index is 0.304. The predicted octanol–water partition coefficient (Wildman–Crippen LogP) is 2.64. The van der Waals surface area contributed by atoms with Crippen LogP contribution < -0.4 is 5.69 Å². The van der Waals surface area contributed by atoms with Gasteiger partial charge in [0.1, 0.15) is 0 Å². The molecule has 1 aromatic carbocycles. The van der Waals surface area contributed by atoms with E-state index in [9.17, 15) is 4.79 Å². The highest BCUT2D eigenvalue weighted by Gasteiger charge is 2.05. The minimum Gasteiger partial charge on any atom is -0.272 e. The van der Waals surface area contributed by atoms with Crippen LogP contribution in [0.4, 0.5) is 0 Å². The van der Waals surface area contributed by atoms with Crippen LogP contribution in [-0.4, -0.2) is 14.8 Å². The van der Waals surface area contributed by atoms with Crippen LogP contribution >= 0.6 is 39.7 Å². The molecule has 78 valence electrons. The fraction of sp³-hybridized carbons (Fsp3) is 0. The van der Waals surface area contributed by atoms with Crippen molar-refractivity contribution in [3.63, 3.8) is 0 Å². The molecule has 15 heavy (non-hydrogen) atoms. The van der Waals surface area contributed by atoms with Gasteiger partial charge in [0.2, 0.25) is 4.77 Å². The van der Waals surface area contributed by atoms with Crippen molar-refractivity contribution in [1.29, 1.82) is 0 Å². The maximum atomic E-state index is 11.4. The van der Waals surface area contributed by atoms with Gasteiger partial charge in [-0.25, -0.2) is 14.5 Å². The summed E-state index contributed by atoms with van der Waals surface area (Å²) in [5.74, 6) is 0. The van der Waals surface area contributed by atoms with Crippen LogP contribution in [0.5, 0.6) is 0 Å². The van der Waals surface area contributed by atoms with Crippen LogP contribution in [0.1, 0.15) is 0 Å². The van der Waals surface area contributed by atoms with Gasteiger partial charge in [0.05, 0.1) is 10.7 Å². The maximum absolute atomic E-state index is 11.4. The lowest BCUT2D eigenvalue weighted by Crippen LogP contribution is -2.14. The monoisotopic (exact) mass is 305 g/mol. The molecule has 7 heteroatoms. The summed E-state index contributed by atoms with van der Waals surface area (Å²) in [4.78, 5) is 11.4. The Kier molecular flexibility index (Phi) is 2.81. The first-order valence-corrected chi connectivity index (χ1v) is 5.52. The van der Waals surface area contributed by atoms with Crippen LogP contribution in [0.15, 0.2) is 27.5 Å². The van der Waals surface area contributed by atoms with E-state index in [1.807, 2.05) is 0 Å². The number of aromatic amines is 2. The number of nitrogens with one attached hydrogen (secondary N) is 2. The quantitative estimate of drug-likeness (QED) is 0.796. The van der Waals surface area contributed by atoms with Crippen LogP contribution in [0.25, 0.3) is 5.69 Å². The van der Waals surface area contributed by atoms with Crippen molar-refractivity contribution in [2.45, 2.75) is 0 Å². The molecule has 0 fully saturated rings. The summed E-state index contributed by atoms with van der Waals surface area (Å²) in [5, 5.41) is 5.47. The highest BCUT2D eigenvalue weighted by atomic mass is 79.9. The van der Waals surface area contributed by atoms with E-state index in [0.29, 0.717) is 15.5 Å². The molecular weight excluding hydrogens is 302 g/mol. The van der Waals surface area contributed by atoms with E-state index in [-0.39, 0.29) is 5.69 Å². The van der Waals surface area contributed by atoms with Gasteiger partial charge < -0.3 is 0 Å². The van der Waals surface area contributed by atoms with E-state index in [2.05, 4.69) is 26.1 Å². The molecule has 0 saturated heterocycles. The van der Waals surface area contributed by atoms with Gasteiger partial charge in [0, 0.05) is 4.47 Å². The van der Waals surface area contributed by atoms with Gasteiger partial charge in [-0.2, -0.15) is 0 Å². The summed E-state index contributed by atoms with van der Waals surface area (Å²) >= 11 is 14.1. The molecule has 0 aliphatic heterocycles. The number of H-pyrrole nitrogens is 2. The van der Waals surface area contributed by atoms with Gasteiger partial charge in [0.15, 0.2) is 0 Å². The number of rotatable bonds is 1. The highest BCUT2D eigenvalue weighted by Crippen LogP contribution is 2.24. The molecule has 0 atom stereocenters. The molecule has 0 spiro atoms. The Morgan fingerprint density at radius 3 is 2.67 bits per heavy atom. The van der Waals surface area contributed by atoms with E-state index < -0.39 is 0 Å². The Morgan fingerprint density at radius 2 is 2.13 bits per heavy atom. The van der Waals surface area contributed by atoms with Gasteiger partial charge in [-0.15, -0.1) is 0 Å². The van der Waals surface area contributed by atoms with E-state index >= 15 is 0 Å². The second kappa shape index (κ2) is 3.96. The molecule has 4 nitrogen and oxygen atoms in total. The number of halogens is 2. The third kappa shape index (κ3) is 1.92. The summed E-state index contributed by atoms with van der Waals surface area (Å²) < 4.78 is 2.40. The zero-order valence-corrected chi connectivity index (χ0v) is 10.4. The number of hydrogen-bond acceptors (Lipinski definition) is 2. The van der Waals surface area contributed by atoms with Crippen molar-refractivity contribution in [2.24, 2.45) is 0 Å². The van der Waals surface area contributed by atoms with Crippen molar-refractivity contribution in [3.8, 4) is 5.69 Å². The molecule has 0 bridgehead atoms. The van der Waals surface area contributed by atoms with Crippen molar-refractivity contribution >= 4 is 39.7 Å². The van der Waals surface area contributed by atoms with Crippen LogP contribution in [0.3, 0.4) is 0 Å². The Balaban J connectivity index is 2.70. The summed E-state index contributed by atoms with van der Waals surface area (Å²) in [6.45, 7) is 0. The molecule has 2 N–H and O–H groups in total. The number of benzene rings is 1. The first-order valence-electron chi connectivity index (χ1n) is 3.95. The normalized spacial score (nSPS) is 10.5. The van der Waals surface area contributed by atoms with E-state index in [0.717, 1.165) is 4.47 Å². The first-order chi connectivity index (χ1) is 7.09. The fourth-order valence-corrected chi connectivity index (χ4v) is 1.83. The Bertz CT molecular complexity index is 587. The molecule has 0 aliphatic rings. The maximum Gasteiger partial charge on any atom is 0.347 e. The first kappa shape index (κ1) is 10.7. The zero-order chi connectivity index (χ0) is 11.0. The van der Waals surface area contributed by atoms with Crippen molar-refractivity contribution in [3.05, 3.63) is 42.9 Å². The van der Waals surface area contributed by atoms with Crippen molar-refractivity contribution in [2.75, 3.05) is 0 Å². The summed E-state index contributed by atoms with van der Waals surface area (Å²) in [6.07, 6.45) is 0. The Labute approximate surface area is 103 Å². The Morgan fingerprint density at radius 1 is 1.40 bits per heavy atom. The molecular formula is C8H5BrClN3OS. The van der Waals surface area contributed by atoms with Gasteiger partial charge >= 0.3 is 5.69 Å². The van der Waals surface area contributed by atoms with Gasteiger partial charge in [-0.1, -0.05) is 11.6 Å². The number of aromatic nitrogens is 3. The Hall–Kier alpha value is -0.850. The lowest BCUT2D eigenvalue weighted by molar-refractivity contribution is 0.975. The summed E-state index contributed by atoms with van der Waals surface area (Å²) in [6, 6.07) is 5.16. The number of hydrogen-bond donors (Lipinski definition) is 2. The number of nitrogens with zero attached hydrogens (tertiary/aromatic N) is 1. The second-order valence-electron chi connectivity index (χ2n) is 2.79. The molecule has 2 rings (SSSR count). The van der Waals surface area contributed by atoms with Gasteiger partial charge in [-0.3, -0.25) is 5.10 Å². The summed E-state index contributed by atoms with van der Waals surface area (Å²) in [7, 11) is 0. The standard InChI is InChI=1S/C8H5BrClN3OS/c9-5-2-1-4(3-6(5)10)13-7(14)11-12-8(13)15/h1-3H,(H,11,14)(H,12,15).